The zero-order valence-electron chi connectivity index (χ0n) is 13.6. The van der Waals surface area contributed by atoms with Crippen LogP contribution in [-0.4, -0.2) is 27.6 Å². The van der Waals surface area contributed by atoms with Crippen LogP contribution in [0.15, 0.2) is 42.9 Å². The molecule has 1 saturated heterocycles. The monoisotopic (exact) mass is 313 g/mol. The van der Waals surface area contributed by atoms with Gasteiger partial charge in [-0.25, -0.2) is 4.98 Å². The van der Waals surface area contributed by atoms with Crippen molar-refractivity contribution in [2.45, 2.75) is 44.4 Å². The number of nitrogens with one attached hydrogen (secondary N) is 1. The molecular weight excluding hydrogens is 290 g/mol. The fraction of sp³-hybridized carbons (Fsp3) is 0.444. The highest BCUT2D eigenvalue weighted by atomic mass is 16.5. The zero-order valence-corrected chi connectivity index (χ0v) is 13.6. The third-order valence-corrected chi connectivity index (χ3v) is 4.30. The number of rotatable bonds is 4. The van der Waals surface area contributed by atoms with Gasteiger partial charge in [0.2, 0.25) is 5.91 Å². The van der Waals surface area contributed by atoms with Crippen LogP contribution in [-0.2, 0) is 23.0 Å². The number of nitrogens with zero attached hydrogens (tertiary/aromatic N) is 2. The Hall–Kier alpha value is -2.14. The van der Waals surface area contributed by atoms with E-state index in [-0.39, 0.29) is 24.2 Å². The molecular formula is C18H23N3O2. The van der Waals surface area contributed by atoms with Crippen LogP contribution in [0, 0.1) is 0 Å². The maximum atomic E-state index is 11.5. The van der Waals surface area contributed by atoms with Crippen molar-refractivity contribution >= 4 is 5.91 Å². The highest BCUT2D eigenvalue weighted by molar-refractivity contribution is 5.73. The number of aryl methyl sites for hydroxylation is 1. The van der Waals surface area contributed by atoms with Gasteiger partial charge in [0, 0.05) is 20.0 Å². The van der Waals surface area contributed by atoms with Crippen LogP contribution >= 0.6 is 0 Å². The molecule has 5 heteroatoms. The maximum absolute atomic E-state index is 11.5. The summed E-state index contributed by atoms with van der Waals surface area (Å²) in [6, 6.07) is 10.5. The summed E-state index contributed by atoms with van der Waals surface area (Å²) in [5.41, 5.74) is 2.31. The van der Waals surface area contributed by atoms with E-state index < -0.39 is 0 Å². The Morgan fingerprint density at radius 3 is 2.78 bits per heavy atom. The molecule has 1 aromatic heterocycles. The standard InChI is InChI=1S/C18H23N3O2/c1-13(22)20-15-9-16(8-14-6-4-3-5-7-14)23-18(10-15)17-11-19-12-21(17)2/h3-7,11-12,15-16,18H,8-10H2,1-2H3,(H,20,22)/t15-,16+,18+/m1/s1. The summed E-state index contributed by atoms with van der Waals surface area (Å²) < 4.78 is 8.30. The fourth-order valence-corrected chi connectivity index (χ4v) is 3.30. The van der Waals surface area contributed by atoms with Gasteiger partial charge in [-0.15, -0.1) is 0 Å². The van der Waals surface area contributed by atoms with Crippen molar-refractivity contribution in [3.63, 3.8) is 0 Å². The Morgan fingerprint density at radius 1 is 1.35 bits per heavy atom. The Balaban J connectivity index is 1.76. The molecule has 3 atom stereocenters. The van der Waals surface area contributed by atoms with Crippen molar-refractivity contribution in [1.29, 1.82) is 0 Å². The highest BCUT2D eigenvalue weighted by Gasteiger charge is 2.32. The molecule has 1 aromatic carbocycles. The number of hydrogen-bond donors (Lipinski definition) is 1. The lowest BCUT2D eigenvalue weighted by Crippen LogP contribution is -2.43. The van der Waals surface area contributed by atoms with E-state index in [9.17, 15) is 4.79 Å². The van der Waals surface area contributed by atoms with E-state index in [4.69, 9.17) is 4.74 Å². The summed E-state index contributed by atoms with van der Waals surface area (Å²) in [4.78, 5) is 15.7. The van der Waals surface area contributed by atoms with Crippen molar-refractivity contribution in [1.82, 2.24) is 14.9 Å². The average Bonchev–Trinajstić information content (AvgIpc) is 2.93. The lowest BCUT2D eigenvalue weighted by atomic mass is 9.93. The SMILES string of the molecule is CC(=O)N[C@@H]1C[C@H](Cc2ccccc2)O[C@H](c2cncn2C)C1. The van der Waals surface area contributed by atoms with Crippen LogP contribution in [0.1, 0.15) is 37.1 Å². The Labute approximate surface area is 136 Å². The van der Waals surface area contributed by atoms with Gasteiger partial charge in [-0.1, -0.05) is 30.3 Å². The first-order valence-electron chi connectivity index (χ1n) is 8.04. The van der Waals surface area contributed by atoms with Gasteiger partial charge in [-0.3, -0.25) is 4.79 Å². The van der Waals surface area contributed by atoms with Crippen LogP contribution in [0.25, 0.3) is 0 Å². The molecule has 1 N–H and O–H groups in total. The van der Waals surface area contributed by atoms with Crippen molar-refractivity contribution in [2.75, 3.05) is 0 Å². The lowest BCUT2D eigenvalue weighted by Gasteiger charge is -2.36. The van der Waals surface area contributed by atoms with Crippen LogP contribution in [0.4, 0.5) is 0 Å². The minimum atomic E-state index is -0.0400. The van der Waals surface area contributed by atoms with Crippen molar-refractivity contribution in [2.24, 2.45) is 7.05 Å². The zero-order chi connectivity index (χ0) is 16.2. The van der Waals surface area contributed by atoms with Gasteiger partial charge in [-0.2, -0.15) is 0 Å². The summed E-state index contributed by atoms with van der Waals surface area (Å²) in [6.45, 7) is 1.57. The first kappa shape index (κ1) is 15.7. The van der Waals surface area contributed by atoms with Gasteiger partial charge in [0.1, 0.15) is 6.10 Å². The smallest absolute Gasteiger partial charge is 0.217 e. The van der Waals surface area contributed by atoms with E-state index in [2.05, 4.69) is 22.4 Å². The minimum absolute atomic E-state index is 0.0131. The predicted octanol–water partition coefficient (Wildman–Crippen LogP) is 2.39. The van der Waals surface area contributed by atoms with Crippen LogP contribution in [0.2, 0.25) is 0 Å². The van der Waals surface area contributed by atoms with Gasteiger partial charge >= 0.3 is 0 Å². The van der Waals surface area contributed by atoms with Gasteiger partial charge < -0.3 is 14.6 Å². The molecule has 23 heavy (non-hydrogen) atoms. The quantitative estimate of drug-likeness (QED) is 0.943. The largest absolute Gasteiger partial charge is 0.368 e. The number of hydrogen-bond acceptors (Lipinski definition) is 3. The van der Waals surface area contributed by atoms with E-state index in [1.54, 1.807) is 13.3 Å². The predicted molar refractivity (Wildman–Crippen MR) is 87.8 cm³/mol. The summed E-state index contributed by atoms with van der Waals surface area (Å²) >= 11 is 0. The molecule has 0 unspecified atom stereocenters. The Bertz CT molecular complexity index is 653. The molecule has 122 valence electrons. The number of carbonyl (C=O) groups is 1. The van der Waals surface area contributed by atoms with E-state index in [0.717, 1.165) is 25.0 Å². The second-order valence-corrected chi connectivity index (χ2v) is 6.23. The molecule has 0 spiro atoms. The number of amides is 1. The van der Waals surface area contributed by atoms with Crippen molar-refractivity contribution < 1.29 is 9.53 Å². The highest BCUT2D eigenvalue weighted by Crippen LogP contribution is 2.32. The molecule has 3 rings (SSSR count). The van der Waals surface area contributed by atoms with E-state index in [1.807, 2.05) is 36.0 Å². The molecule has 0 bridgehead atoms. The summed E-state index contributed by atoms with van der Waals surface area (Å²) in [7, 11) is 1.97. The molecule has 5 nitrogen and oxygen atoms in total. The number of ether oxygens (including phenoxy) is 1. The Morgan fingerprint density at radius 2 is 2.13 bits per heavy atom. The van der Waals surface area contributed by atoms with Crippen molar-refractivity contribution in [3.05, 3.63) is 54.1 Å². The van der Waals surface area contributed by atoms with E-state index >= 15 is 0 Å². The molecule has 2 heterocycles. The second kappa shape index (κ2) is 6.96. The molecule has 1 aliphatic heterocycles. The van der Waals surface area contributed by atoms with Crippen LogP contribution in [0.5, 0.6) is 0 Å². The molecule has 1 aliphatic rings. The number of aromatic nitrogens is 2. The third kappa shape index (κ3) is 3.99. The average molecular weight is 313 g/mol. The van der Waals surface area contributed by atoms with Crippen molar-refractivity contribution in [3.8, 4) is 0 Å². The summed E-state index contributed by atoms with van der Waals surface area (Å²) in [5.74, 6) is 0.0131. The van der Waals surface area contributed by atoms with Gasteiger partial charge in [0.25, 0.3) is 0 Å². The van der Waals surface area contributed by atoms with E-state index in [1.165, 1.54) is 5.56 Å². The fourth-order valence-electron chi connectivity index (χ4n) is 3.30. The van der Waals surface area contributed by atoms with Gasteiger partial charge in [0.15, 0.2) is 0 Å². The maximum Gasteiger partial charge on any atom is 0.217 e. The third-order valence-electron chi connectivity index (χ3n) is 4.30. The Kier molecular flexibility index (Phi) is 4.76. The number of carbonyl (C=O) groups excluding carboxylic acids is 1. The number of benzene rings is 1. The molecule has 1 fully saturated rings. The molecule has 0 radical (unpaired) electrons. The van der Waals surface area contributed by atoms with Gasteiger partial charge in [0.05, 0.1) is 24.3 Å². The first-order chi connectivity index (χ1) is 11.1. The van der Waals surface area contributed by atoms with E-state index in [0.29, 0.717) is 0 Å². The molecule has 0 aliphatic carbocycles. The van der Waals surface area contributed by atoms with Crippen LogP contribution in [0.3, 0.4) is 0 Å². The molecule has 2 aromatic rings. The molecule has 1 amide bonds. The number of imidazole rings is 1. The first-order valence-corrected chi connectivity index (χ1v) is 8.04. The van der Waals surface area contributed by atoms with Crippen LogP contribution < -0.4 is 5.32 Å². The topological polar surface area (TPSA) is 56.1 Å². The lowest BCUT2D eigenvalue weighted by molar-refractivity contribution is -0.122. The summed E-state index contributed by atoms with van der Waals surface area (Å²) in [5, 5.41) is 3.06. The van der Waals surface area contributed by atoms with Gasteiger partial charge in [-0.05, 0) is 24.8 Å². The minimum Gasteiger partial charge on any atom is -0.368 e. The normalized spacial score (nSPS) is 24.3. The summed E-state index contributed by atoms with van der Waals surface area (Å²) in [6.07, 6.45) is 6.15. The molecule has 0 saturated carbocycles. The second-order valence-electron chi connectivity index (χ2n) is 6.23.